The number of nitrogens with one attached hydrogen (secondary N) is 1. The van der Waals surface area contributed by atoms with Gasteiger partial charge in [0.25, 0.3) is 5.91 Å². The first kappa shape index (κ1) is 33.5. The van der Waals surface area contributed by atoms with E-state index in [2.05, 4.69) is 5.32 Å². The number of hydrogen-bond donors (Lipinski definition) is 2. The Morgan fingerprint density at radius 3 is 1.81 bits per heavy atom. The summed E-state index contributed by atoms with van der Waals surface area (Å²) in [4.78, 5) is 54.3. The minimum Gasteiger partial charge on any atom is -0.459 e. The predicted molar refractivity (Wildman–Crippen MR) is 162 cm³/mol. The summed E-state index contributed by atoms with van der Waals surface area (Å²) in [5.74, 6) is -4.49. The van der Waals surface area contributed by atoms with Crippen LogP contribution >= 0.6 is 58.0 Å². The fraction of sp³-hybridized carbons (Fsp3) is 0.214. The molecule has 3 rings (SSSR count). The van der Waals surface area contributed by atoms with Crippen LogP contribution in [0.25, 0.3) is 0 Å². The average Bonchev–Trinajstić information content (AvgIpc) is 2.99. The first-order valence-electron chi connectivity index (χ1n) is 12.2. The SMILES string of the molecule is C[C@H](N)C(=O)N[C@@H](C)C(=O)N(c1ccccc1)[C@@H](C(=O)OCc1ccccc1)C(=O)Oc1c(Cl)c(Cl)c(Cl)c(Cl)c1Cl. The van der Waals surface area contributed by atoms with Gasteiger partial charge in [-0.2, -0.15) is 0 Å². The molecule has 0 saturated heterocycles. The molecule has 9 nitrogen and oxygen atoms in total. The van der Waals surface area contributed by atoms with E-state index in [1.54, 1.807) is 48.5 Å². The van der Waals surface area contributed by atoms with Gasteiger partial charge in [0.1, 0.15) is 22.7 Å². The Morgan fingerprint density at radius 1 is 0.786 bits per heavy atom. The van der Waals surface area contributed by atoms with Crippen LogP contribution in [0.15, 0.2) is 60.7 Å². The molecule has 14 heteroatoms. The summed E-state index contributed by atoms with van der Waals surface area (Å²) in [5, 5.41) is 1.02. The van der Waals surface area contributed by atoms with Gasteiger partial charge in [-0.25, -0.2) is 9.59 Å². The van der Waals surface area contributed by atoms with Crippen LogP contribution in [0.1, 0.15) is 19.4 Å². The Morgan fingerprint density at radius 2 is 1.29 bits per heavy atom. The number of esters is 2. The summed E-state index contributed by atoms with van der Waals surface area (Å²) < 4.78 is 10.9. The molecule has 0 radical (unpaired) electrons. The largest absolute Gasteiger partial charge is 0.459 e. The van der Waals surface area contributed by atoms with Crippen LogP contribution in [0, 0.1) is 0 Å². The van der Waals surface area contributed by atoms with Crippen LogP contribution in [0.2, 0.25) is 25.1 Å². The lowest BCUT2D eigenvalue weighted by molar-refractivity contribution is -0.155. The highest BCUT2D eigenvalue weighted by Crippen LogP contribution is 2.48. The van der Waals surface area contributed by atoms with E-state index in [9.17, 15) is 19.2 Å². The van der Waals surface area contributed by atoms with Crippen molar-refractivity contribution in [1.82, 2.24) is 5.32 Å². The number of rotatable bonds is 10. The number of anilines is 1. The first-order chi connectivity index (χ1) is 19.8. The minimum absolute atomic E-state index is 0.104. The van der Waals surface area contributed by atoms with Crippen molar-refractivity contribution >= 4 is 87.4 Å². The Balaban J connectivity index is 2.10. The van der Waals surface area contributed by atoms with Crippen molar-refractivity contribution in [3.8, 4) is 5.75 Å². The number of benzene rings is 3. The number of halogens is 5. The topological polar surface area (TPSA) is 128 Å². The average molecular weight is 676 g/mol. The third-order valence-electron chi connectivity index (χ3n) is 5.72. The summed E-state index contributed by atoms with van der Waals surface area (Å²) >= 11 is 30.8. The van der Waals surface area contributed by atoms with E-state index in [1.807, 2.05) is 0 Å². The molecule has 0 aliphatic rings. The van der Waals surface area contributed by atoms with E-state index in [1.165, 1.54) is 26.0 Å². The molecule has 0 bridgehead atoms. The minimum atomic E-state index is -2.06. The first-order valence-corrected chi connectivity index (χ1v) is 14.1. The van der Waals surface area contributed by atoms with E-state index >= 15 is 0 Å². The zero-order valence-electron chi connectivity index (χ0n) is 22.1. The highest BCUT2D eigenvalue weighted by atomic mass is 35.5. The number of ether oxygens (including phenoxy) is 2. The second-order valence-corrected chi connectivity index (χ2v) is 10.8. The van der Waals surface area contributed by atoms with Gasteiger partial charge in [0, 0.05) is 5.69 Å². The van der Waals surface area contributed by atoms with E-state index in [4.69, 9.17) is 73.2 Å². The third-order valence-corrected chi connectivity index (χ3v) is 7.96. The molecular formula is C28H24Cl5N3O6. The van der Waals surface area contributed by atoms with Crippen LogP contribution in [0.4, 0.5) is 5.69 Å². The summed E-state index contributed by atoms with van der Waals surface area (Å²) in [5.41, 5.74) is 6.34. The van der Waals surface area contributed by atoms with Gasteiger partial charge >= 0.3 is 11.9 Å². The Bertz CT molecular complexity index is 1440. The highest BCUT2D eigenvalue weighted by molar-refractivity contribution is 6.55. The van der Waals surface area contributed by atoms with Crippen LogP contribution in [0.3, 0.4) is 0 Å². The number of carbonyl (C=O) groups is 4. The molecule has 3 N–H and O–H groups in total. The van der Waals surface area contributed by atoms with Gasteiger partial charge in [0.05, 0.1) is 21.1 Å². The number of amides is 2. The zero-order valence-corrected chi connectivity index (χ0v) is 25.9. The van der Waals surface area contributed by atoms with Crippen molar-refractivity contribution in [1.29, 1.82) is 0 Å². The second kappa shape index (κ2) is 14.9. The van der Waals surface area contributed by atoms with Crippen LogP contribution in [0.5, 0.6) is 5.75 Å². The molecule has 222 valence electrons. The monoisotopic (exact) mass is 673 g/mol. The summed E-state index contributed by atoms with van der Waals surface area (Å²) in [6.45, 7) is 2.55. The fourth-order valence-electron chi connectivity index (χ4n) is 3.55. The van der Waals surface area contributed by atoms with Crippen LogP contribution in [-0.4, -0.2) is 41.9 Å². The van der Waals surface area contributed by atoms with Crippen LogP contribution in [-0.2, 0) is 30.5 Å². The maximum atomic E-state index is 13.8. The Hall–Kier alpha value is -3.05. The molecule has 0 aromatic heterocycles. The van der Waals surface area contributed by atoms with Crippen molar-refractivity contribution in [3.63, 3.8) is 0 Å². The third kappa shape index (κ3) is 7.86. The predicted octanol–water partition coefficient (Wildman–Crippen LogP) is 5.86. The molecule has 2 amide bonds. The molecule has 3 atom stereocenters. The van der Waals surface area contributed by atoms with E-state index in [-0.39, 0.29) is 37.4 Å². The van der Waals surface area contributed by atoms with E-state index in [0.29, 0.717) is 5.56 Å². The Labute approximate surface area is 266 Å². The molecule has 0 aliphatic carbocycles. The number of carbonyl (C=O) groups excluding carboxylic acids is 4. The molecule has 0 unspecified atom stereocenters. The lowest BCUT2D eigenvalue weighted by atomic mass is 10.1. The van der Waals surface area contributed by atoms with Gasteiger partial charge in [-0.05, 0) is 31.5 Å². The second-order valence-electron chi connectivity index (χ2n) is 8.88. The quantitative estimate of drug-likeness (QED) is 0.0907. The lowest BCUT2D eigenvalue weighted by Crippen LogP contribution is -2.58. The van der Waals surface area contributed by atoms with Gasteiger partial charge in [-0.15, -0.1) is 0 Å². The van der Waals surface area contributed by atoms with Crippen molar-refractivity contribution in [2.75, 3.05) is 4.90 Å². The molecule has 0 fully saturated rings. The number of para-hydroxylation sites is 1. The smallest absolute Gasteiger partial charge is 0.346 e. The highest BCUT2D eigenvalue weighted by Gasteiger charge is 2.42. The Kier molecular flexibility index (Phi) is 11.9. The van der Waals surface area contributed by atoms with Gasteiger partial charge < -0.3 is 20.5 Å². The summed E-state index contributed by atoms with van der Waals surface area (Å²) in [6, 6.07) is 12.1. The standard InChI is InChI=1S/C28H24Cl5N3O6/c1-14(34)25(37)35-15(2)26(38)36(17-11-7-4-8-12-17)23(27(39)41-13-16-9-5-3-6-10-16)28(40)42-24-21(32)19(30)18(29)20(31)22(24)33/h3-12,14-15,23H,13,34H2,1-2H3,(H,35,37)/t14-,15-,23-/m0/s1. The number of hydrogen-bond acceptors (Lipinski definition) is 7. The molecular weight excluding hydrogens is 652 g/mol. The maximum Gasteiger partial charge on any atom is 0.346 e. The van der Waals surface area contributed by atoms with Gasteiger partial charge in [-0.1, -0.05) is 107 Å². The van der Waals surface area contributed by atoms with Gasteiger partial charge in [0.2, 0.25) is 11.9 Å². The van der Waals surface area contributed by atoms with Gasteiger partial charge in [-0.3, -0.25) is 14.5 Å². The number of nitrogens with two attached hydrogens (primary N) is 1. The summed E-state index contributed by atoms with van der Waals surface area (Å²) in [6.07, 6.45) is 0. The number of nitrogens with zero attached hydrogens (tertiary/aromatic N) is 1. The molecule has 0 saturated carbocycles. The van der Waals surface area contributed by atoms with Crippen molar-refractivity contribution in [2.24, 2.45) is 5.73 Å². The zero-order chi connectivity index (χ0) is 31.1. The van der Waals surface area contributed by atoms with Crippen molar-refractivity contribution < 1.29 is 28.7 Å². The molecule has 0 aliphatic heterocycles. The molecule has 3 aromatic rings. The molecule has 42 heavy (non-hydrogen) atoms. The fourth-order valence-corrected chi connectivity index (χ4v) is 4.75. The van der Waals surface area contributed by atoms with E-state index in [0.717, 1.165) is 4.90 Å². The summed E-state index contributed by atoms with van der Waals surface area (Å²) in [7, 11) is 0. The van der Waals surface area contributed by atoms with Crippen molar-refractivity contribution in [3.05, 3.63) is 91.3 Å². The van der Waals surface area contributed by atoms with Crippen LogP contribution < -0.4 is 20.7 Å². The lowest BCUT2D eigenvalue weighted by Gasteiger charge is -2.31. The molecule has 0 heterocycles. The maximum absolute atomic E-state index is 13.8. The van der Waals surface area contributed by atoms with Crippen molar-refractivity contribution in [2.45, 2.75) is 38.6 Å². The molecule has 0 spiro atoms. The van der Waals surface area contributed by atoms with E-state index < -0.39 is 47.6 Å². The normalized spacial score (nSPS) is 13.0. The van der Waals surface area contributed by atoms with Gasteiger partial charge in [0.15, 0.2) is 5.75 Å². The molecule has 3 aromatic carbocycles.